The Morgan fingerprint density at radius 2 is 1.72 bits per heavy atom. The molecule has 0 spiro atoms. The first kappa shape index (κ1) is 17.0. The summed E-state index contributed by atoms with van der Waals surface area (Å²) in [5.74, 6) is -0.843. The molecule has 1 aliphatic rings. The SMILES string of the molecule is Fc1ccc(C2=CN(c3cccc(OC(F)(F)F)c3)C(F)C=C2)cc1. The molecule has 0 fully saturated rings. The van der Waals surface area contributed by atoms with Crippen LogP contribution in [0.5, 0.6) is 5.75 Å². The van der Waals surface area contributed by atoms with Crippen LogP contribution in [0.3, 0.4) is 0 Å². The third kappa shape index (κ3) is 4.17. The molecular weight excluding hydrogens is 341 g/mol. The van der Waals surface area contributed by atoms with Gasteiger partial charge in [0.15, 0.2) is 6.30 Å². The summed E-state index contributed by atoms with van der Waals surface area (Å²) in [6.07, 6.45) is -2.14. The second kappa shape index (κ2) is 6.58. The van der Waals surface area contributed by atoms with Crippen LogP contribution in [0, 0.1) is 5.82 Å². The van der Waals surface area contributed by atoms with Crippen molar-refractivity contribution in [2.45, 2.75) is 12.7 Å². The van der Waals surface area contributed by atoms with Crippen molar-refractivity contribution >= 4 is 11.3 Å². The Bertz CT molecular complexity index is 811. The average molecular weight is 353 g/mol. The predicted molar refractivity (Wildman–Crippen MR) is 84.0 cm³/mol. The number of halogens is 5. The molecule has 0 aliphatic carbocycles. The van der Waals surface area contributed by atoms with E-state index in [1.165, 1.54) is 59.7 Å². The summed E-state index contributed by atoms with van der Waals surface area (Å²) in [7, 11) is 0. The zero-order valence-electron chi connectivity index (χ0n) is 12.7. The number of rotatable bonds is 3. The molecule has 1 unspecified atom stereocenters. The van der Waals surface area contributed by atoms with E-state index in [1.54, 1.807) is 0 Å². The molecule has 0 radical (unpaired) electrons. The van der Waals surface area contributed by atoms with Gasteiger partial charge in [0.1, 0.15) is 11.6 Å². The molecule has 2 aromatic carbocycles. The lowest BCUT2D eigenvalue weighted by atomic mass is 10.0. The highest BCUT2D eigenvalue weighted by atomic mass is 19.4. The van der Waals surface area contributed by atoms with Crippen molar-refractivity contribution in [3.8, 4) is 5.75 Å². The van der Waals surface area contributed by atoms with Gasteiger partial charge in [-0.05, 0) is 41.5 Å². The highest BCUT2D eigenvalue weighted by Gasteiger charge is 2.31. The first-order chi connectivity index (χ1) is 11.8. The molecule has 2 nitrogen and oxygen atoms in total. The Morgan fingerprint density at radius 1 is 1.00 bits per heavy atom. The Labute approximate surface area is 140 Å². The molecular formula is C18H12F5NO. The van der Waals surface area contributed by atoms with Crippen LogP contribution >= 0.6 is 0 Å². The minimum Gasteiger partial charge on any atom is -0.406 e. The molecule has 3 rings (SSSR count). The van der Waals surface area contributed by atoms with Crippen LogP contribution in [0.15, 0.2) is 66.9 Å². The summed E-state index contributed by atoms with van der Waals surface area (Å²) >= 11 is 0. The van der Waals surface area contributed by atoms with Crippen LogP contribution in [0.4, 0.5) is 27.6 Å². The fourth-order valence-corrected chi connectivity index (χ4v) is 2.41. The third-order valence-electron chi connectivity index (χ3n) is 3.51. The second-order valence-corrected chi connectivity index (χ2v) is 5.28. The molecule has 0 saturated heterocycles. The zero-order valence-corrected chi connectivity index (χ0v) is 12.7. The van der Waals surface area contributed by atoms with E-state index in [0.29, 0.717) is 11.1 Å². The highest BCUT2D eigenvalue weighted by Crippen LogP contribution is 2.31. The Hall–Kier alpha value is -2.83. The lowest BCUT2D eigenvalue weighted by molar-refractivity contribution is -0.274. The van der Waals surface area contributed by atoms with Crippen LogP contribution in [0.2, 0.25) is 0 Å². The van der Waals surface area contributed by atoms with E-state index >= 15 is 0 Å². The van der Waals surface area contributed by atoms with Gasteiger partial charge in [-0.15, -0.1) is 13.2 Å². The van der Waals surface area contributed by atoms with E-state index < -0.39 is 24.2 Å². The fourth-order valence-electron chi connectivity index (χ4n) is 2.41. The van der Waals surface area contributed by atoms with Gasteiger partial charge in [0.25, 0.3) is 0 Å². The van der Waals surface area contributed by atoms with Crippen LogP contribution in [-0.4, -0.2) is 12.7 Å². The molecule has 1 aliphatic heterocycles. The summed E-state index contributed by atoms with van der Waals surface area (Å²) in [6, 6.07) is 10.6. The molecule has 0 saturated carbocycles. The Kier molecular flexibility index (Phi) is 4.48. The zero-order chi connectivity index (χ0) is 18.0. The van der Waals surface area contributed by atoms with Crippen molar-refractivity contribution in [3.63, 3.8) is 0 Å². The van der Waals surface area contributed by atoms with Crippen molar-refractivity contribution in [2.75, 3.05) is 4.90 Å². The van der Waals surface area contributed by atoms with Gasteiger partial charge in [0, 0.05) is 18.0 Å². The van der Waals surface area contributed by atoms with Gasteiger partial charge >= 0.3 is 6.36 Å². The smallest absolute Gasteiger partial charge is 0.406 e. The molecule has 1 heterocycles. The van der Waals surface area contributed by atoms with Crippen molar-refractivity contribution in [2.24, 2.45) is 0 Å². The number of hydrogen-bond donors (Lipinski definition) is 0. The Balaban J connectivity index is 1.91. The van der Waals surface area contributed by atoms with Crippen molar-refractivity contribution in [3.05, 3.63) is 78.3 Å². The highest BCUT2D eigenvalue weighted by molar-refractivity contribution is 5.78. The summed E-state index contributed by atoms with van der Waals surface area (Å²) in [6.45, 7) is 0. The van der Waals surface area contributed by atoms with Gasteiger partial charge in [-0.3, -0.25) is 0 Å². The fraction of sp³-hybridized carbons (Fsp3) is 0.111. The number of benzene rings is 2. The van der Waals surface area contributed by atoms with E-state index in [2.05, 4.69) is 4.74 Å². The average Bonchev–Trinajstić information content (AvgIpc) is 2.55. The molecule has 0 aromatic heterocycles. The van der Waals surface area contributed by atoms with E-state index in [4.69, 9.17) is 0 Å². The van der Waals surface area contributed by atoms with Crippen LogP contribution in [0.25, 0.3) is 5.57 Å². The number of nitrogens with zero attached hydrogens (tertiary/aromatic N) is 1. The van der Waals surface area contributed by atoms with Gasteiger partial charge in [0.05, 0.1) is 0 Å². The normalized spacial score (nSPS) is 17.4. The number of hydrogen-bond acceptors (Lipinski definition) is 2. The van der Waals surface area contributed by atoms with Crippen molar-refractivity contribution < 1.29 is 26.7 Å². The molecule has 1 atom stereocenters. The number of ether oxygens (including phenoxy) is 1. The van der Waals surface area contributed by atoms with Crippen LogP contribution in [-0.2, 0) is 0 Å². The van der Waals surface area contributed by atoms with E-state index in [-0.39, 0.29) is 5.69 Å². The molecule has 0 N–H and O–H groups in total. The number of anilines is 1. The monoisotopic (exact) mass is 353 g/mol. The maximum absolute atomic E-state index is 14.2. The van der Waals surface area contributed by atoms with Gasteiger partial charge in [-0.25, -0.2) is 8.78 Å². The maximum Gasteiger partial charge on any atom is 0.573 e. The summed E-state index contributed by atoms with van der Waals surface area (Å²) in [4.78, 5) is 1.17. The second-order valence-electron chi connectivity index (χ2n) is 5.28. The van der Waals surface area contributed by atoms with Crippen molar-refractivity contribution in [1.82, 2.24) is 0 Å². The first-order valence-electron chi connectivity index (χ1n) is 7.26. The first-order valence-corrected chi connectivity index (χ1v) is 7.26. The topological polar surface area (TPSA) is 12.5 Å². The van der Waals surface area contributed by atoms with E-state index in [1.807, 2.05) is 0 Å². The van der Waals surface area contributed by atoms with Crippen LogP contribution < -0.4 is 9.64 Å². The quantitative estimate of drug-likeness (QED) is 0.538. The van der Waals surface area contributed by atoms with Gasteiger partial charge < -0.3 is 9.64 Å². The van der Waals surface area contributed by atoms with Gasteiger partial charge in [-0.2, -0.15) is 0 Å². The van der Waals surface area contributed by atoms with Gasteiger partial charge in [0.2, 0.25) is 0 Å². The minimum atomic E-state index is -4.83. The molecule has 7 heteroatoms. The largest absolute Gasteiger partial charge is 0.573 e. The summed E-state index contributed by atoms with van der Waals surface area (Å²) in [5, 5.41) is 0. The number of allylic oxidation sites excluding steroid dienone is 2. The molecule has 25 heavy (non-hydrogen) atoms. The Morgan fingerprint density at radius 3 is 2.40 bits per heavy atom. The molecule has 130 valence electrons. The lowest BCUT2D eigenvalue weighted by Crippen LogP contribution is -2.27. The maximum atomic E-state index is 14.2. The van der Waals surface area contributed by atoms with Gasteiger partial charge in [-0.1, -0.05) is 24.3 Å². The minimum absolute atomic E-state index is 0.193. The molecule has 0 amide bonds. The van der Waals surface area contributed by atoms with Crippen LogP contribution in [0.1, 0.15) is 5.56 Å². The van der Waals surface area contributed by atoms with E-state index in [9.17, 15) is 22.0 Å². The lowest BCUT2D eigenvalue weighted by Gasteiger charge is -2.27. The standard InChI is InChI=1S/C18H12F5NO/c19-14-7-4-12(5-8-14)13-6-9-17(20)24(11-13)15-2-1-3-16(10-15)25-18(21,22)23/h1-11,17H. The third-order valence-corrected chi connectivity index (χ3v) is 3.51. The molecule has 2 aromatic rings. The predicted octanol–water partition coefficient (Wildman–Crippen LogP) is 5.44. The van der Waals surface area contributed by atoms with E-state index in [0.717, 1.165) is 12.1 Å². The number of alkyl halides is 4. The summed E-state index contributed by atoms with van der Waals surface area (Å²) < 4.78 is 68.1. The van der Waals surface area contributed by atoms with Crippen molar-refractivity contribution in [1.29, 1.82) is 0 Å². The molecule has 0 bridgehead atoms. The summed E-state index contributed by atoms with van der Waals surface area (Å²) in [5.41, 5.74) is 1.44.